The summed E-state index contributed by atoms with van der Waals surface area (Å²) in [5.74, 6) is -1.24. The van der Waals surface area contributed by atoms with E-state index >= 15 is 0 Å². The molecule has 0 radical (unpaired) electrons. The topological polar surface area (TPSA) is 49.3 Å². The first-order valence-electron chi connectivity index (χ1n) is 5.41. The van der Waals surface area contributed by atoms with Gasteiger partial charge in [-0.2, -0.15) is 0 Å². The molecule has 1 rings (SSSR count). The van der Waals surface area contributed by atoms with Crippen LogP contribution >= 0.6 is 11.6 Å². The minimum Gasteiger partial charge on any atom is -0.481 e. The lowest BCUT2D eigenvalue weighted by atomic mass is 10.1. The van der Waals surface area contributed by atoms with Gasteiger partial charge in [0.2, 0.25) is 0 Å². The van der Waals surface area contributed by atoms with Crippen LogP contribution in [-0.2, 0) is 4.79 Å². The molecular formula is C12H15ClFNO2. The molecule has 0 bridgehead atoms. The highest BCUT2D eigenvalue weighted by molar-refractivity contribution is 6.30. The SMILES string of the molecule is CC(NCCCC(=O)O)c1ccc(F)c(Cl)c1. The number of aliphatic carboxylic acids is 1. The molecule has 1 aromatic rings. The molecule has 1 atom stereocenters. The molecule has 1 unspecified atom stereocenters. The van der Waals surface area contributed by atoms with Crippen LogP contribution in [0.5, 0.6) is 0 Å². The zero-order chi connectivity index (χ0) is 12.8. The number of nitrogens with one attached hydrogen (secondary N) is 1. The molecule has 2 N–H and O–H groups in total. The Morgan fingerprint density at radius 1 is 1.59 bits per heavy atom. The Hall–Kier alpha value is -1.13. The van der Waals surface area contributed by atoms with Crippen LogP contribution in [0, 0.1) is 5.82 Å². The quantitative estimate of drug-likeness (QED) is 0.772. The molecule has 3 nitrogen and oxygen atoms in total. The van der Waals surface area contributed by atoms with E-state index in [0.29, 0.717) is 13.0 Å². The fourth-order valence-electron chi connectivity index (χ4n) is 1.46. The van der Waals surface area contributed by atoms with Crippen molar-refractivity contribution in [3.8, 4) is 0 Å². The second-order valence-electron chi connectivity index (χ2n) is 3.85. The van der Waals surface area contributed by atoms with E-state index in [2.05, 4.69) is 5.32 Å². The van der Waals surface area contributed by atoms with Crippen LogP contribution in [0.15, 0.2) is 18.2 Å². The number of carboxylic acid groups (broad SMARTS) is 1. The van der Waals surface area contributed by atoms with E-state index < -0.39 is 11.8 Å². The molecule has 0 aliphatic heterocycles. The van der Waals surface area contributed by atoms with Crippen molar-refractivity contribution in [2.24, 2.45) is 0 Å². The number of carboxylic acids is 1. The van der Waals surface area contributed by atoms with E-state index in [0.717, 1.165) is 5.56 Å². The van der Waals surface area contributed by atoms with E-state index in [-0.39, 0.29) is 17.5 Å². The Balaban J connectivity index is 2.44. The molecule has 0 aliphatic rings. The molecule has 0 spiro atoms. The van der Waals surface area contributed by atoms with Gasteiger partial charge in [-0.3, -0.25) is 4.79 Å². The Morgan fingerprint density at radius 3 is 2.88 bits per heavy atom. The van der Waals surface area contributed by atoms with Crippen molar-refractivity contribution in [1.29, 1.82) is 0 Å². The second kappa shape index (κ2) is 6.57. The third-order valence-electron chi connectivity index (χ3n) is 2.46. The average molecular weight is 260 g/mol. The average Bonchev–Trinajstić information content (AvgIpc) is 2.27. The van der Waals surface area contributed by atoms with Crippen molar-refractivity contribution < 1.29 is 14.3 Å². The first-order valence-corrected chi connectivity index (χ1v) is 5.78. The molecule has 0 heterocycles. The lowest BCUT2D eigenvalue weighted by Crippen LogP contribution is -2.20. The summed E-state index contributed by atoms with van der Waals surface area (Å²) in [5, 5.41) is 11.7. The molecule has 17 heavy (non-hydrogen) atoms. The standard InChI is InChI=1S/C12H15ClFNO2/c1-8(15-6-2-3-12(16)17)9-4-5-11(14)10(13)7-9/h4-5,7-8,15H,2-3,6H2,1H3,(H,16,17). The number of carbonyl (C=O) groups is 1. The van der Waals surface area contributed by atoms with Gasteiger partial charge >= 0.3 is 5.97 Å². The molecule has 0 aliphatic carbocycles. The van der Waals surface area contributed by atoms with Gasteiger partial charge in [-0.15, -0.1) is 0 Å². The summed E-state index contributed by atoms with van der Waals surface area (Å²) in [6.07, 6.45) is 0.707. The van der Waals surface area contributed by atoms with Crippen molar-refractivity contribution in [2.75, 3.05) is 6.54 Å². The van der Waals surface area contributed by atoms with E-state index in [1.54, 1.807) is 12.1 Å². The first-order chi connectivity index (χ1) is 8.00. The summed E-state index contributed by atoms with van der Waals surface area (Å²) in [6.45, 7) is 2.52. The van der Waals surface area contributed by atoms with Crippen LogP contribution < -0.4 is 5.32 Å². The maximum atomic E-state index is 12.9. The molecular weight excluding hydrogens is 245 g/mol. The molecule has 0 fully saturated rings. The smallest absolute Gasteiger partial charge is 0.303 e. The predicted molar refractivity (Wildman–Crippen MR) is 64.7 cm³/mol. The molecule has 5 heteroatoms. The lowest BCUT2D eigenvalue weighted by molar-refractivity contribution is -0.137. The van der Waals surface area contributed by atoms with Gasteiger partial charge in [-0.05, 0) is 37.6 Å². The van der Waals surface area contributed by atoms with E-state index in [9.17, 15) is 9.18 Å². The van der Waals surface area contributed by atoms with Crippen LogP contribution in [0.3, 0.4) is 0 Å². The van der Waals surface area contributed by atoms with Crippen LogP contribution in [0.1, 0.15) is 31.4 Å². The molecule has 0 aromatic heterocycles. The van der Waals surface area contributed by atoms with Crippen LogP contribution in [-0.4, -0.2) is 17.6 Å². The number of halogens is 2. The number of hydrogen-bond acceptors (Lipinski definition) is 2. The number of benzene rings is 1. The van der Waals surface area contributed by atoms with Crippen molar-refractivity contribution in [2.45, 2.75) is 25.8 Å². The van der Waals surface area contributed by atoms with Crippen LogP contribution in [0.25, 0.3) is 0 Å². The third-order valence-corrected chi connectivity index (χ3v) is 2.75. The number of hydrogen-bond donors (Lipinski definition) is 2. The maximum Gasteiger partial charge on any atom is 0.303 e. The number of rotatable bonds is 6. The monoisotopic (exact) mass is 259 g/mol. The fraction of sp³-hybridized carbons (Fsp3) is 0.417. The van der Waals surface area contributed by atoms with Gasteiger partial charge in [0.1, 0.15) is 5.82 Å². The van der Waals surface area contributed by atoms with Crippen LogP contribution in [0.2, 0.25) is 5.02 Å². The minimum absolute atomic E-state index is 0.0156. The van der Waals surface area contributed by atoms with Crippen molar-refractivity contribution in [1.82, 2.24) is 5.32 Å². The molecule has 0 amide bonds. The Kier molecular flexibility index (Phi) is 5.38. The van der Waals surface area contributed by atoms with Gasteiger partial charge < -0.3 is 10.4 Å². The van der Waals surface area contributed by atoms with Gasteiger partial charge in [0.25, 0.3) is 0 Å². The Bertz CT molecular complexity index is 398. The van der Waals surface area contributed by atoms with Gasteiger partial charge in [-0.25, -0.2) is 4.39 Å². The predicted octanol–water partition coefficient (Wildman–Crippen LogP) is 2.99. The lowest BCUT2D eigenvalue weighted by Gasteiger charge is -2.14. The fourth-order valence-corrected chi connectivity index (χ4v) is 1.65. The summed E-state index contributed by atoms with van der Waals surface area (Å²) in [4.78, 5) is 10.3. The zero-order valence-corrected chi connectivity index (χ0v) is 10.3. The highest BCUT2D eigenvalue weighted by Gasteiger charge is 2.07. The van der Waals surface area contributed by atoms with Gasteiger partial charge in [0.15, 0.2) is 0 Å². The van der Waals surface area contributed by atoms with Gasteiger partial charge in [-0.1, -0.05) is 17.7 Å². The Labute approximate surface area is 105 Å². The Morgan fingerprint density at radius 2 is 2.29 bits per heavy atom. The van der Waals surface area contributed by atoms with E-state index in [1.165, 1.54) is 6.07 Å². The second-order valence-corrected chi connectivity index (χ2v) is 4.25. The van der Waals surface area contributed by atoms with Crippen LogP contribution in [0.4, 0.5) is 4.39 Å². The zero-order valence-electron chi connectivity index (χ0n) is 9.54. The van der Waals surface area contributed by atoms with E-state index in [4.69, 9.17) is 16.7 Å². The highest BCUT2D eigenvalue weighted by Crippen LogP contribution is 2.20. The first kappa shape index (κ1) is 13.9. The summed E-state index contributed by atoms with van der Waals surface area (Å²) < 4.78 is 12.9. The van der Waals surface area contributed by atoms with Crippen molar-refractivity contribution in [3.63, 3.8) is 0 Å². The summed E-state index contributed by atoms with van der Waals surface area (Å²) in [7, 11) is 0. The third kappa shape index (κ3) is 4.71. The van der Waals surface area contributed by atoms with Gasteiger partial charge in [0, 0.05) is 12.5 Å². The summed E-state index contributed by atoms with van der Waals surface area (Å²) >= 11 is 5.68. The molecule has 94 valence electrons. The summed E-state index contributed by atoms with van der Waals surface area (Å²) in [5.41, 5.74) is 0.881. The molecule has 0 saturated heterocycles. The minimum atomic E-state index is -0.802. The van der Waals surface area contributed by atoms with Crippen molar-refractivity contribution >= 4 is 17.6 Å². The normalized spacial score (nSPS) is 12.4. The molecule has 1 aromatic carbocycles. The van der Waals surface area contributed by atoms with E-state index in [1.807, 2.05) is 6.92 Å². The largest absolute Gasteiger partial charge is 0.481 e. The molecule has 0 saturated carbocycles. The van der Waals surface area contributed by atoms with Gasteiger partial charge in [0.05, 0.1) is 5.02 Å². The van der Waals surface area contributed by atoms with Crippen molar-refractivity contribution in [3.05, 3.63) is 34.6 Å². The maximum absolute atomic E-state index is 12.9. The summed E-state index contributed by atoms with van der Waals surface area (Å²) in [6, 6.07) is 4.58. The highest BCUT2D eigenvalue weighted by atomic mass is 35.5.